The minimum Gasteiger partial charge on any atom is -0.296 e. The Hall–Kier alpha value is -1.90. The van der Waals surface area contributed by atoms with Crippen LogP contribution in [0.2, 0.25) is 0 Å². The highest BCUT2D eigenvalue weighted by Crippen LogP contribution is 2.27. The molecule has 1 rings (SSSR count). The van der Waals surface area contributed by atoms with Gasteiger partial charge < -0.3 is 0 Å². The second-order valence-electron chi connectivity index (χ2n) is 2.36. The molecule has 0 aliphatic carbocycles. The molecule has 0 saturated carbocycles. The summed E-state index contributed by atoms with van der Waals surface area (Å²) >= 11 is 0. The molecule has 0 radical (unpaired) electrons. The first-order valence-electron chi connectivity index (χ1n) is 3.42. The number of nitriles is 1. The van der Waals surface area contributed by atoms with E-state index in [9.17, 15) is 18.0 Å². The van der Waals surface area contributed by atoms with Gasteiger partial charge in [-0.2, -0.15) is 18.4 Å². The normalized spacial score (nSPS) is 10.7. The van der Waals surface area contributed by atoms with Crippen LogP contribution in [0.15, 0.2) is 12.1 Å². The van der Waals surface area contributed by atoms with Crippen LogP contribution < -0.4 is 0 Å². The van der Waals surface area contributed by atoms with Crippen LogP contribution in [-0.2, 0) is 6.18 Å². The molecule has 14 heavy (non-hydrogen) atoms. The van der Waals surface area contributed by atoms with E-state index in [4.69, 9.17) is 5.26 Å². The summed E-state index contributed by atoms with van der Waals surface area (Å²) in [5.41, 5.74) is -1.85. The number of pyridine rings is 1. The zero-order valence-corrected chi connectivity index (χ0v) is 6.67. The number of hydrogen-bond acceptors (Lipinski definition) is 3. The van der Waals surface area contributed by atoms with Gasteiger partial charge in [0.25, 0.3) is 0 Å². The predicted molar refractivity (Wildman–Crippen MR) is 39.3 cm³/mol. The molecule has 0 atom stereocenters. The van der Waals surface area contributed by atoms with E-state index in [1.807, 2.05) is 0 Å². The van der Waals surface area contributed by atoms with Crippen molar-refractivity contribution in [2.24, 2.45) is 0 Å². The molecule has 0 amide bonds. The van der Waals surface area contributed by atoms with E-state index in [0.29, 0.717) is 6.07 Å². The fourth-order valence-electron chi connectivity index (χ4n) is 0.817. The Morgan fingerprint density at radius 1 is 1.43 bits per heavy atom. The van der Waals surface area contributed by atoms with Gasteiger partial charge in [-0.1, -0.05) is 0 Å². The van der Waals surface area contributed by atoms with E-state index >= 15 is 0 Å². The van der Waals surface area contributed by atoms with Gasteiger partial charge in [-0.05, 0) is 12.1 Å². The SMILES string of the molecule is N#Cc1ccc(C(F)(F)F)nc1C=O. The molecule has 0 saturated heterocycles. The Labute approximate surface area is 76.8 Å². The van der Waals surface area contributed by atoms with E-state index < -0.39 is 17.6 Å². The number of carbonyl (C=O) groups is 1. The van der Waals surface area contributed by atoms with Gasteiger partial charge >= 0.3 is 6.18 Å². The second kappa shape index (κ2) is 3.46. The number of halogens is 3. The van der Waals surface area contributed by atoms with Crippen LogP contribution >= 0.6 is 0 Å². The molecule has 6 heteroatoms. The minimum atomic E-state index is -4.61. The molecule has 0 fully saturated rings. The van der Waals surface area contributed by atoms with Gasteiger partial charge in [0, 0.05) is 0 Å². The molecule has 0 aliphatic heterocycles. The topological polar surface area (TPSA) is 53.8 Å². The zero-order valence-electron chi connectivity index (χ0n) is 6.67. The van der Waals surface area contributed by atoms with E-state index in [2.05, 4.69) is 4.98 Å². The van der Waals surface area contributed by atoms with Crippen molar-refractivity contribution in [2.45, 2.75) is 6.18 Å². The third-order valence-electron chi connectivity index (χ3n) is 1.45. The van der Waals surface area contributed by atoms with Gasteiger partial charge in [0.2, 0.25) is 0 Å². The van der Waals surface area contributed by atoms with Gasteiger partial charge in [0.15, 0.2) is 6.29 Å². The summed E-state index contributed by atoms with van der Waals surface area (Å²) in [4.78, 5) is 13.3. The molecule has 0 aromatic carbocycles. The molecule has 0 aliphatic rings. The minimum absolute atomic E-state index is 0.119. The molecule has 72 valence electrons. The van der Waals surface area contributed by atoms with Crippen LogP contribution in [0, 0.1) is 11.3 Å². The summed E-state index contributed by atoms with van der Waals surface area (Å²) in [6.07, 6.45) is -4.49. The highest BCUT2D eigenvalue weighted by atomic mass is 19.4. The maximum absolute atomic E-state index is 12.1. The van der Waals surface area contributed by atoms with Crippen molar-refractivity contribution in [3.63, 3.8) is 0 Å². The predicted octanol–water partition coefficient (Wildman–Crippen LogP) is 1.78. The van der Waals surface area contributed by atoms with Gasteiger partial charge in [0.1, 0.15) is 17.5 Å². The number of alkyl halides is 3. The lowest BCUT2D eigenvalue weighted by Crippen LogP contribution is -2.10. The zero-order chi connectivity index (χ0) is 10.8. The monoisotopic (exact) mass is 200 g/mol. The Balaban J connectivity index is 3.30. The first kappa shape index (κ1) is 10.2. The summed E-state index contributed by atoms with van der Waals surface area (Å²) in [6, 6.07) is 3.14. The average Bonchev–Trinajstić information content (AvgIpc) is 2.15. The molecule has 1 aromatic heterocycles. The van der Waals surface area contributed by atoms with Crippen molar-refractivity contribution in [1.29, 1.82) is 5.26 Å². The maximum atomic E-state index is 12.1. The second-order valence-corrected chi connectivity index (χ2v) is 2.36. The molecule has 0 bridgehead atoms. The van der Waals surface area contributed by atoms with E-state index in [-0.39, 0.29) is 11.8 Å². The Morgan fingerprint density at radius 2 is 2.07 bits per heavy atom. The summed E-state index contributed by atoms with van der Waals surface area (Å²) in [5, 5.41) is 8.41. The standard InChI is InChI=1S/C8H3F3N2O/c9-8(10,11)7-2-1-5(3-12)6(4-14)13-7/h1-2,4H. The number of aromatic nitrogens is 1. The summed E-state index contributed by atoms with van der Waals surface area (Å²) in [6.45, 7) is 0. The number of carbonyl (C=O) groups excluding carboxylic acids is 1. The highest BCUT2D eigenvalue weighted by molar-refractivity contribution is 5.76. The third-order valence-corrected chi connectivity index (χ3v) is 1.45. The van der Waals surface area contributed by atoms with Crippen molar-refractivity contribution in [2.75, 3.05) is 0 Å². The molecule has 0 spiro atoms. The summed E-state index contributed by atoms with van der Waals surface area (Å²) < 4.78 is 36.2. The van der Waals surface area contributed by atoms with Gasteiger partial charge in [-0.3, -0.25) is 4.79 Å². The quantitative estimate of drug-likeness (QED) is 0.649. The van der Waals surface area contributed by atoms with Crippen LogP contribution in [0.1, 0.15) is 21.7 Å². The maximum Gasteiger partial charge on any atom is 0.433 e. The molecule has 1 heterocycles. The Kier molecular flexibility index (Phi) is 2.51. The average molecular weight is 200 g/mol. The Morgan fingerprint density at radius 3 is 2.50 bits per heavy atom. The first-order valence-corrected chi connectivity index (χ1v) is 3.42. The van der Waals surface area contributed by atoms with Crippen molar-refractivity contribution < 1.29 is 18.0 Å². The largest absolute Gasteiger partial charge is 0.433 e. The van der Waals surface area contributed by atoms with E-state index in [1.165, 1.54) is 0 Å². The van der Waals surface area contributed by atoms with Gasteiger partial charge in [0.05, 0.1) is 5.56 Å². The molecule has 3 nitrogen and oxygen atoms in total. The number of hydrogen-bond donors (Lipinski definition) is 0. The van der Waals surface area contributed by atoms with Crippen molar-refractivity contribution in [1.82, 2.24) is 4.98 Å². The molecule has 0 unspecified atom stereocenters. The lowest BCUT2D eigenvalue weighted by atomic mass is 10.2. The molecule has 0 N–H and O–H groups in total. The Bertz CT molecular complexity index is 406. The first-order chi connectivity index (χ1) is 6.49. The third kappa shape index (κ3) is 1.88. The van der Waals surface area contributed by atoms with E-state index in [1.54, 1.807) is 6.07 Å². The van der Waals surface area contributed by atoms with E-state index in [0.717, 1.165) is 6.07 Å². The van der Waals surface area contributed by atoms with Crippen LogP contribution in [0.25, 0.3) is 0 Å². The molecular weight excluding hydrogens is 197 g/mol. The number of aldehydes is 1. The van der Waals surface area contributed by atoms with Crippen LogP contribution in [-0.4, -0.2) is 11.3 Å². The molecular formula is C8H3F3N2O. The van der Waals surface area contributed by atoms with Crippen molar-refractivity contribution in [3.05, 3.63) is 29.1 Å². The number of nitrogens with zero attached hydrogens (tertiary/aromatic N) is 2. The smallest absolute Gasteiger partial charge is 0.296 e. The highest BCUT2D eigenvalue weighted by Gasteiger charge is 2.32. The summed E-state index contributed by atoms with van der Waals surface area (Å²) in [5.74, 6) is 0. The van der Waals surface area contributed by atoms with Gasteiger partial charge in [-0.25, -0.2) is 4.98 Å². The number of rotatable bonds is 1. The molecule has 1 aromatic rings. The fraction of sp³-hybridized carbons (Fsp3) is 0.125. The summed E-state index contributed by atoms with van der Waals surface area (Å²) in [7, 11) is 0. The van der Waals surface area contributed by atoms with Crippen LogP contribution in [0.5, 0.6) is 0 Å². The van der Waals surface area contributed by atoms with Crippen molar-refractivity contribution in [3.8, 4) is 6.07 Å². The van der Waals surface area contributed by atoms with Crippen LogP contribution in [0.3, 0.4) is 0 Å². The van der Waals surface area contributed by atoms with Crippen LogP contribution in [0.4, 0.5) is 13.2 Å². The fourth-order valence-corrected chi connectivity index (χ4v) is 0.817. The lowest BCUT2D eigenvalue weighted by Gasteiger charge is -2.05. The lowest BCUT2D eigenvalue weighted by molar-refractivity contribution is -0.141. The van der Waals surface area contributed by atoms with Crippen molar-refractivity contribution >= 4 is 6.29 Å². The van der Waals surface area contributed by atoms with Gasteiger partial charge in [-0.15, -0.1) is 0 Å².